The second-order valence-corrected chi connectivity index (χ2v) is 9.62. The van der Waals surface area contributed by atoms with Crippen LogP contribution >= 0.6 is 11.3 Å². The Morgan fingerprint density at radius 1 is 1.09 bits per heavy atom. The first kappa shape index (κ1) is 22.2. The van der Waals surface area contributed by atoms with Crippen LogP contribution in [0.3, 0.4) is 0 Å². The molecule has 0 radical (unpaired) electrons. The minimum atomic E-state index is -4.34. The lowest BCUT2D eigenvalue weighted by Gasteiger charge is -2.14. The first-order valence-corrected chi connectivity index (χ1v) is 10.9. The number of pyridine rings is 1. The molecule has 0 spiro atoms. The second kappa shape index (κ2) is 8.16. The van der Waals surface area contributed by atoms with Crippen LogP contribution in [0.1, 0.15) is 42.9 Å². The molecule has 0 amide bonds. The topological polar surface area (TPSA) is 61.4 Å². The van der Waals surface area contributed by atoms with Gasteiger partial charge in [0.15, 0.2) is 0 Å². The lowest BCUT2D eigenvalue weighted by molar-refractivity contribution is -0.143. The molecule has 4 rings (SSSR count). The quantitative estimate of drug-likeness (QED) is 0.403. The molecule has 0 N–H and O–H groups in total. The summed E-state index contributed by atoms with van der Waals surface area (Å²) in [6.07, 6.45) is 1.26. The number of nitrogens with zero attached hydrogens (tertiary/aromatic N) is 6. The molecule has 168 valence electrons. The number of imidazole rings is 1. The van der Waals surface area contributed by atoms with Crippen LogP contribution in [-0.4, -0.2) is 35.5 Å². The molecule has 4 heterocycles. The van der Waals surface area contributed by atoms with Gasteiger partial charge in [-0.05, 0) is 25.1 Å². The Hall–Kier alpha value is -3.01. The van der Waals surface area contributed by atoms with Crippen molar-refractivity contribution in [2.45, 2.75) is 52.3 Å². The molecule has 0 saturated carbocycles. The fourth-order valence-electron chi connectivity index (χ4n) is 3.19. The van der Waals surface area contributed by atoms with Crippen molar-refractivity contribution >= 4 is 11.3 Å². The van der Waals surface area contributed by atoms with Gasteiger partial charge in [-0.25, -0.2) is 15.0 Å². The van der Waals surface area contributed by atoms with Gasteiger partial charge in [-0.2, -0.15) is 18.3 Å². The fraction of sp³-hybridized carbons (Fsp3) is 0.364. The van der Waals surface area contributed by atoms with Crippen molar-refractivity contribution in [1.82, 2.24) is 29.3 Å². The molecule has 0 saturated heterocycles. The summed E-state index contributed by atoms with van der Waals surface area (Å²) in [5.74, 6) is 0.746. The third-order valence-corrected chi connectivity index (χ3v) is 5.71. The lowest BCUT2D eigenvalue weighted by Crippen LogP contribution is -2.21. The molecule has 4 aromatic rings. The maximum absolute atomic E-state index is 13.1. The molecule has 4 aromatic heterocycles. The SMILES string of the molecule is Cc1cn(-c2ccc(-c3csc(Cc4cc(C(C)(C)C)nn4CC(F)(F)F)n3)cn2)cn1. The van der Waals surface area contributed by atoms with Crippen molar-refractivity contribution in [2.75, 3.05) is 0 Å². The number of thiazole rings is 1. The average Bonchev–Trinajstić information content (AvgIpc) is 3.42. The minimum absolute atomic E-state index is 0.281. The van der Waals surface area contributed by atoms with Gasteiger partial charge in [0.05, 0.1) is 22.1 Å². The maximum Gasteiger partial charge on any atom is 0.408 e. The molecule has 0 bridgehead atoms. The minimum Gasteiger partial charge on any atom is -0.290 e. The van der Waals surface area contributed by atoms with Gasteiger partial charge in [0.25, 0.3) is 0 Å². The Morgan fingerprint density at radius 2 is 1.88 bits per heavy atom. The monoisotopic (exact) mass is 460 g/mol. The van der Waals surface area contributed by atoms with Gasteiger partial charge < -0.3 is 0 Å². The number of alkyl halides is 3. The van der Waals surface area contributed by atoms with Gasteiger partial charge in [-0.1, -0.05) is 20.8 Å². The fourth-order valence-corrected chi connectivity index (χ4v) is 4.01. The average molecular weight is 461 g/mol. The van der Waals surface area contributed by atoms with Crippen molar-refractivity contribution in [3.63, 3.8) is 0 Å². The third-order valence-electron chi connectivity index (χ3n) is 4.86. The zero-order valence-corrected chi connectivity index (χ0v) is 19.0. The highest BCUT2D eigenvalue weighted by molar-refractivity contribution is 7.10. The number of hydrogen-bond acceptors (Lipinski definition) is 5. The maximum atomic E-state index is 13.1. The van der Waals surface area contributed by atoms with E-state index in [1.165, 1.54) is 11.3 Å². The summed E-state index contributed by atoms with van der Waals surface area (Å²) < 4.78 is 42.1. The molecule has 10 heteroatoms. The molecule has 0 fully saturated rings. The number of rotatable bonds is 5. The molecule has 0 atom stereocenters. The van der Waals surface area contributed by atoms with Crippen LogP contribution in [0.5, 0.6) is 0 Å². The van der Waals surface area contributed by atoms with Crippen LogP contribution in [0.25, 0.3) is 17.1 Å². The lowest BCUT2D eigenvalue weighted by atomic mass is 9.92. The Bertz CT molecular complexity index is 1210. The Labute approximate surface area is 187 Å². The van der Waals surface area contributed by atoms with E-state index in [9.17, 15) is 13.2 Å². The number of hydrogen-bond donors (Lipinski definition) is 0. The first-order valence-electron chi connectivity index (χ1n) is 10.0. The molecule has 0 aliphatic rings. The van der Waals surface area contributed by atoms with Crippen molar-refractivity contribution in [2.24, 2.45) is 0 Å². The molecule has 32 heavy (non-hydrogen) atoms. The van der Waals surface area contributed by atoms with E-state index in [1.54, 1.807) is 18.6 Å². The molecule has 0 aromatic carbocycles. The Balaban J connectivity index is 1.56. The summed E-state index contributed by atoms with van der Waals surface area (Å²) in [6, 6.07) is 5.54. The van der Waals surface area contributed by atoms with Crippen molar-refractivity contribution in [3.05, 3.63) is 64.4 Å². The van der Waals surface area contributed by atoms with Crippen LogP contribution in [0.2, 0.25) is 0 Å². The highest BCUT2D eigenvalue weighted by atomic mass is 32.1. The van der Waals surface area contributed by atoms with E-state index in [-0.39, 0.29) is 11.8 Å². The van der Waals surface area contributed by atoms with E-state index in [4.69, 9.17) is 0 Å². The molecule has 0 aliphatic carbocycles. The molecular weight excluding hydrogens is 437 g/mol. The van der Waals surface area contributed by atoms with Crippen LogP contribution < -0.4 is 0 Å². The van der Waals surface area contributed by atoms with E-state index in [0.717, 1.165) is 32.5 Å². The summed E-state index contributed by atoms with van der Waals surface area (Å²) in [5.41, 5.74) is 3.26. The van der Waals surface area contributed by atoms with Gasteiger partial charge in [0, 0.05) is 40.9 Å². The Kier molecular flexibility index (Phi) is 5.66. The Morgan fingerprint density at radius 3 is 2.47 bits per heavy atom. The van der Waals surface area contributed by atoms with Crippen LogP contribution in [0, 0.1) is 6.92 Å². The van der Waals surface area contributed by atoms with Gasteiger partial charge in [0.1, 0.15) is 18.7 Å². The van der Waals surface area contributed by atoms with Crippen LogP contribution in [0.4, 0.5) is 13.2 Å². The summed E-state index contributed by atoms with van der Waals surface area (Å²) >= 11 is 1.41. The van der Waals surface area contributed by atoms with Crippen molar-refractivity contribution in [1.29, 1.82) is 0 Å². The van der Waals surface area contributed by atoms with Crippen LogP contribution in [-0.2, 0) is 18.4 Å². The number of halogens is 3. The first-order chi connectivity index (χ1) is 15.0. The van der Waals surface area contributed by atoms with Gasteiger partial charge in [-0.15, -0.1) is 11.3 Å². The second-order valence-electron chi connectivity index (χ2n) is 8.67. The normalized spacial score (nSPS) is 12.5. The zero-order chi connectivity index (χ0) is 23.1. The summed E-state index contributed by atoms with van der Waals surface area (Å²) in [6.45, 7) is 6.59. The van der Waals surface area contributed by atoms with E-state index in [2.05, 4.69) is 20.1 Å². The summed E-state index contributed by atoms with van der Waals surface area (Å²) in [5, 5.41) is 6.84. The zero-order valence-electron chi connectivity index (χ0n) is 18.2. The summed E-state index contributed by atoms with van der Waals surface area (Å²) in [4.78, 5) is 13.3. The standard InChI is InChI=1S/C22H23F3N6S/c1-14-10-30(13-27-14)19-6-5-15(9-26-19)17-11-32-20(28-17)8-16-7-18(21(2,3)4)29-31(16)12-22(23,24)25/h5-7,9-11,13H,8,12H2,1-4H3. The molecular formula is C22H23F3N6S. The van der Waals surface area contributed by atoms with Gasteiger partial charge in [0.2, 0.25) is 0 Å². The molecule has 6 nitrogen and oxygen atoms in total. The number of aryl methyl sites for hydroxylation is 1. The largest absolute Gasteiger partial charge is 0.408 e. The molecule has 0 unspecified atom stereocenters. The van der Waals surface area contributed by atoms with E-state index >= 15 is 0 Å². The van der Waals surface area contributed by atoms with E-state index in [1.807, 2.05) is 56.0 Å². The van der Waals surface area contributed by atoms with Crippen molar-refractivity contribution < 1.29 is 13.2 Å². The van der Waals surface area contributed by atoms with E-state index < -0.39 is 12.7 Å². The summed E-state index contributed by atoms with van der Waals surface area (Å²) in [7, 11) is 0. The predicted molar refractivity (Wildman–Crippen MR) is 117 cm³/mol. The molecule has 0 aliphatic heterocycles. The van der Waals surface area contributed by atoms with Crippen molar-refractivity contribution in [3.8, 4) is 17.1 Å². The predicted octanol–water partition coefficient (Wildman–Crippen LogP) is 5.35. The van der Waals surface area contributed by atoms with Gasteiger partial charge in [-0.3, -0.25) is 9.25 Å². The smallest absolute Gasteiger partial charge is 0.290 e. The van der Waals surface area contributed by atoms with Crippen LogP contribution in [0.15, 0.2) is 42.3 Å². The highest BCUT2D eigenvalue weighted by Crippen LogP contribution is 2.28. The van der Waals surface area contributed by atoms with E-state index in [0.29, 0.717) is 11.4 Å². The third kappa shape index (κ3) is 5.07. The number of aromatic nitrogens is 6. The van der Waals surface area contributed by atoms with Gasteiger partial charge >= 0.3 is 6.18 Å². The highest BCUT2D eigenvalue weighted by Gasteiger charge is 2.31.